The molecule has 0 fully saturated rings. The average molecular weight is 539 g/mol. The normalized spacial score (nSPS) is 10.3. The molecule has 0 saturated heterocycles. The Balaban J connectivity index is 1.99. The van der Waals surface area contributed by atoms with Crippen molar-refractivity contribution >= 4 is 23.1 Å². The first kappa shape index (κ1) is 28.5. The summed E-state index contributed by atoms with van der Waals surface area (Å²) in [6.45, 7) is 0. The van der Waals surface area contributed by atoms with Gasteiger partial charge in [-0.05, 0) is 42.5 Å². The Kier molecular flexibility index (Phi) is 8.77. The molecule has 11 heteroatoms. The van der Waals surface area contributed by atoms with Gasteiger partial charge in [-0.3, -0.25) is 19.2 Å². The molecule has 0 amide bonds. The molecule has 0 saturated carbocycles. The molecule has 0 aliphatic heterocycles. The number of ketones is 4. The fourth-order valence-electron chi connectivity index (χ4n) is 3.82. The Morgan fingerprint density at radius 2 is 0.692 bits per heavy atom. The molecule has 3 aromatic carbocycles. The molecule has 0 aliphatic rings. The minimum Gasteiger partial charge on any atom is -0.508 e. The van der Waals surface area contributed by atoms with Crippen LogP contribution in [0.25, 0.3) is 0 Å². The summed E-state index contributed by atoms with van der Waals surface area (Å²) in [7, 11) is 8.18. The number of hydrogen-bond acceptors (Lipinski definition) is 11. The number of ether oxygens (including phenoxy) is 6. The molecule has 3 rings (SSSR count). The van der Waals surface area contributed by atoms with Gasteiger partial charge in [0, 0.05) is 22.3 Å². The Hall–Kier alpha value is -5.06. The monoisotopic (exact) mass is 538 g/mol. The Bertz CT molecular complexity index is 1300. The van der Waals surface area contributed by atoms with E-state index >= 15 is 0 Å². The topological polar surface area (TPSA) is 144 Å². The summed E-state index contributed by atoms with van der Waals surface area (Å²) in [4.78, 5) is 52.3. The van der Waals surface area contributed by atoms with E-state index in [0.717, 1.165) is 18.2 Å². The van der Waals surface area contributed by atoms with Crippen LogP contribution in [0.2, 0.25) is 0 Å². The van der Waals surface area contributed by atoms with Crippen LogP contribution in [0.1, 0.15) is 41.4 Å². The minimum absolute atomic E-state index is 0.0841. The smallest absolute Gasteiger partial charge is 0.233 e. The van der Waals surface area contributed by atoms with E-state index in [-0.39, 0.29) is 56.8 Å². The average Bonchev–Trinajstić information content (AvgIpc) is 2.97. The van der Waals surface area contributed by atoms with E-state index in [4.69, 9.17) is 28.4 Å². The number of phenols is 1. The van der Waals surface area contributed by atoms with E-state index in [1.165, 1.54) is 66.9 Å². The first-order chi connectivity index (χ1) is 18.6. The van der Waals surface area contributed by atoms with Crippen molar-refractivity contribution in [3.05, 3.63) is 64.7 Å². The van der Waals surface area contributed by atoms with Crippen LogP contribution < -0.4 is 28.4 Å². The maximum absolute atomic E-state index is 13.1. The van der Waals surface area contributed by atoms with Crippen LogP contribution in [0.15, 0.2) is 42.5 Å². The quantitative estimate of drug-likeness (QED) is 0.267. The SMILES string of the molecule is COc1cc(C(=O)C(=O)c2cc(O)cc(C(=O)C(=O)c3cc(OC)c(OC)c(OC)c3)c2)cc(OC)c1OC. The highest BCUT2D eigenvalue weighted by Gasteiger charge is 2.27. The fraction of sp³-hybridized carbons (Fsp3) is 0.214. The first-order valence-corrected chi connectivity index (χ1v) is 11.3. The van der Waals surface area contributed by atoms with E-state index in [1.807, 2.05) is 0 Å². The summed E-state index contributed by atoms with van der Waals surface area (Å²) < 4.78 is 31.3. The number of phenolic OH excluding ortho intramolecular Hbond substituents is 1. The van der Waals surface area contributed by atoms with E-state index in [1.54, 1.807) is 0 Å². The number of aromatic hydroxyl groups is 1. The van der Waals surface area contributed by atoms with Crippen LogP contribution in [0.4, 0.5) is 0 Å². The van der Waals surface area contributed by atoms with Crippen LogP contribution in [-0.2, 0) is 0 Å². The largest absolute Gasteiger partial charge is 0.508 e. The second kappa shape index (κ2) is 12.0. The second-order valence-electron chi connectivity index (χ2n) is 7.91. The number of benzene rings is 3. The lowest BCUT2D eigenvalue weighted by atomic mass is 9.95. The molecular formula is C28H26O11. The summed E-state index contributed by atoms with van der Waals surface area (Å²) >= 11 is 0. The van der Waals surface area contributed by atoms with E-state index in [0.29, 0.717) is 0 Å². The van der Waals surface area contributed by atoms with Crippen LogP contribution >= 0.6 is 0 Å². The third kappa shape index (κ3) is 5.61. The minimum atomic E-state index is -1.05. The molecule has 0 heterocycles. The predicted octanol–water partition coefficient (Wildman–Crippen LogP) is 3.58. The third-order valence-corrected chi connectivity index (χ3v) is 5.71. The molecule has 0 unspecified atom stereocenters. The van der Waals surface area contributed by atoms with Gasteiger partial charge >= 0.3 is 0 Å². The highest BCUT2D eigenvalue weighted by atomic mass is 16.5. The summed E-state index contributed by atoms with van der Waals surface area (Å²) in [6, 6.07) is 8.26. The number of methoxy groups -OCH3 is 6. The highest BCUT2D eigenvalue weighted by molar-refractivity contribution is 6.51. The van der Waals surface area contributed by atoms with Gasteiger partial charge in [0.2, 0.25) is 34.6 Å². The van der Waals surface area contributed by atoms with Crippen LogP contribution in [0, 0.1) is 0 Å². The fourth-order valence-corrected chi connectivity index (χ4v) is 3.82. The van der Waals surface area contributed by atoms with Crippen molar-refractivity contribution in [2.45, 2.75) is 0 Å². The molecule has 39 heavy (non-hydrogen) atoms. The molecule has 3 aromatic rings. The van der Waals surface area contributed by atoms with Crippen LogP contribution in [0.5, 0.6) is 40.2 Å². The van der Waals surface area contributed by atoms with Gasteiger partial charge in [-0.2, -0.15) is 0 Å². The Labute approximate surface area is 223 Å². The van der Waals surface area contributed by atoms with Gasteiger partial charge in [0.1, 0.15) is 5.75 Å². The third-order valence-electron chi connectivity index (χ3n) is 5.71. The van der Waals surface area contributed by atoms with Gasteiger partial charge in [0.05, 0.1) is 42.7 Å². The van der Waals surface area contributed by atoms with Gasteiger partial charge in [0.25, 0.3) is 0 Å². The summed E-state index contributed by atoms with van der Waals surface area (Å²) in [5.41, 5.74) is -0.789. The molecular weight excluding hydrogens is 512 g/mol. The lowest BCUT2D eigenvalue weighted by molar-refractivity contribution is 0.0811. The zero-order valence-corrected chi connectivity index (χ0v) is 22.1. The summed E-state index contributed by atoms with van der Waals surface area (Å²) in [6.07, 6.45) is 0. The van der Waals surface area contributed by atoms with Crippen molar-refractivity contribution in [1.82, 2.24) is 0 Å². The number of carbonyl (C=O) groups excluding carboxylic acids is 4. The first-order valence-electron chi connectivity index (χ1n) is 11.3. The number of Topliss-reactive ketones (excluding diaryl/α,β-unsaturated/α-hetero) is 4. The molecule has 0 aliphatic carbocycles. The van der Waals surface area contributed by atoms with Crippen molar-refractivity contribution in [2.75, 3.05) is 42.7 Å². The number of hydrogen-bond donors (Lipinski definition) is 1. The lowest BCUT2D eigenvalue weighted by Crippen LogP contribution is -2.18. The lowest BCUT2D eigenvalue weighted by Gasteiger charge is -2.14. The standard InChI is InChI=1S/C28H26O11/c1-34-19-10-16(11-20(35-2)27(19)38-5)25(32)23(30)14-7-15(9-18(29)8-14)24(31)26(33)17-12-21(36-3)28(39-6)22(13-17)37-4/h7-13,29H,1-6H3. The molecule has 204 valence electrons. The molecule has 0 spiro atoms. The van der Waals surface area contributed by atoms with Crippen molar-refractivity contribution in [3.8, 4) is 40.2 Å². The van der Waals surface area contributed by atoms with Gasteiger partial charge < -0.3 is 33.5 Å². The molecule has 1 N–H and O–H groups in total. The van der Waals surface area contributed by atoms with E-state index in [9.17, 15) is 24.3 Å². The summed E-state index contributed by atoms with van der Waals surface area (Å²) in [5, 5.41) is 10.2. The Morgan fingerprint density at radius 1 is 0.436 bits per heavy atom. The molecule has 0 atom stereocenters. The van der Waals surface area contributed by atoms with Gasteiger partial charge in [0.15, 0.2) is 23.0 Å². The zero-order valence-electron chi connectivity index (χ0n) is 22.1. The number of rotatable bonds is 12. The highest BCUT2D eigenvalue weighted by Crippen LogP contribution is 2.39. The number of carbonyl (C=O) groups is 4. The van der Waals surface area contributed by atoms with E-state index in [2.05, 4.69) is 0 Å². The van der Waals surface area contributed by atoms with Crippen molar-refractivity contribution < 1.29 is 52.7 Å². The maximum Gasteiger partial charge on any atom is 0.233 e. The van der Waals surface area contributed by atoms with Crippen LogP contribution in [0.3, 0.4) is 0 Å². The van der Waals surface area contributed by atoms with Crippen molar-refractivity contribution in [3.63, 3.8) is 0 Å². The molecule has 0 radical (unpaired) electrons. The molecule has 0 aromatic heterocycles. The van der Waals surface area contributed by atoms with Gasteiger partial charge in [-0.1, -0.05) is 0 Å². The molecule has 11 nitrogen and oxygen atoms in total. The van der Waals surface area contributed by atoms with Gasteiger partial charge in [-0.25, -0.2) is 0 Å². The van der Waals surface area contributed by atoms with Gasteiger partial charge in [-0.15, -0.1) is 0 Å². The summed E-state index contributed by atoms with van der Waals surface area (Å²) in [5.74, 6) is -3.51. The van der Waals surface area contributed by atoms with Crippen LogP contribution in [-0.4, -0.2) is 70.9 Å². The van der Waals surface area contributed by atoms with Crippen molar-refractivity contribution in [2.24, 2.45) is 0 Å². The molecule has 0 bridgehead atoms. The zero-order chi connectivity index (χ0) is 28.9. The predicted molar refractivity (Wildman–Crippen MR) is 138 cm³/mol. The Morgan fingerprint density at radius 3 is 0.923 bits per heavy atom. The maximum atomic E-state index is 13.1. The second-order valence-corrected chi connectivity index (χ2v) is 7.91. The van der Waals surface area contributed by atoms with Crippen molar-refractivity contribution in [1.29, 1.82) is 0 Å². The van der Waals surface area contributed by atoms with E-state index < -0.39 is 28.9 Å².